The first kappa shape index (κ1) is 35.3. The second-order valence-corrected chi connectivity index (χ2v) is 14.0. The highest BCUT2D eigenvalue weighted by molar-refractivity contribution is 6.08. The predicted octanol–water partition coefficient (Wildman–Crippen LogP) is 11.6. The number of nitrogens with one attached hydrogen (secondary N) is 2. The molecule has 57 heavy (non-hydrogen) atoms. The lowest BCUT2D eigenvalue weighted by atomic mass is 9.92. The molecule has 0 radical (unpaired) electrons. The summed E-state index contributed by atoms with van der Waals surface area (Å²) in [7, 11) is 0. The Balaban J connectivity index is 1.53. The van der Waals surface area contributed by atoms with Gasteiger partial charge in [-0.3, -0.25) is 9.59 Å². The molecule has 0 fully saturated rings. The highest BCUT2D eigenvalue weighted by Crippen LogP contribution is 2.41. The third kappa shape index (κ3) is 6.59. The summed E-state index contributed by atoms with van der Waals surface area (Å²) in [4.78, 5) is 45.7. The second kappa shape index (κ2) is 15.0. The number of aromatic amines is 2. The highest BCUT2D eigenvalue weighted by Gasteiger charge is 2.31. The number of fused-ring (bicyclic) bond motifs is 8. The van der Waals surface area contributed by atoms with Crippen LogP contribution in [0.25, 0.3) is 90.9 Å². The molecule has 7 nitrogen and oxygen atoms in total. The Bertz CT molecular complexity index is 2890. The van der Waals surface area contributed by atoms with Gasteiger partial charge in [0.05, 0.1) is 34.9 Å². The van der Waals surface area contributed by atoms with Gasteiger partial charge in [0.15, 0.2) is 0 Å². The summed E-state index contributed by atoms with van der Waals surface area (Å²) in [5.74, 6) is -2.12. The largest absolute Gasteiger partial charge is 0.465 e. The first-order valence-electron chi connectivity index (χ1n) is 19.1. The van der Waals surface area contributed by atoms with Gasteiger partial charge in [-0.05, 0) is 84.2 Å². The molecule has 7 aromatic rings. The van der Waals surface area contributed by atoms with Crippen LogP contribution in [0.15, 0.2) is 140 Å². The van der Waals surface area contributed by atoms with Crippen molar-refractivity contribution < 1.29 is 14.3 Å². The maximum absolute atomic E-state index is 13.8. The zero-order valence-corrected chi connectivity index (χ0v) is 31.5. The number of benzene rings is 4. The molecule has 9 rings (SSSR count). The van der Waals surface area contributed by atoms with Crippen molar-refractivity contribution in [2.75, 3.05) is 6.61 Å². The number of ether oxygens (including phenoxy) is 1. The molecule has 2 aliphatic heterocycles. The van der Waals surface area contributed by atoms with Gasteiger partial charge in [-0.1, -0.05) is 121 Å². The van der Waals surface area contributed by atoms with Gasteiger partial charge in [0.2, 0.25) is 0 Å². The number of H-pyrrole nitrogens is 2. The fourth-order valence-corrected chi connectivity index (χ4v) is 7.91. The van der Waals surface area contributed by atoms with E-state index < -0.39 is 11.9 Å². The van der Waals surface area contributed by atoms with E-state index in [-0.39, 0.29) is 12.4 Å². The summed E-state index contributed by atoms with van der Waals surface area (Å²) in [6.07, 6.45) is 8.12. The minimum atomic E-state index is -1.19. The minimum Gasteiger partial charge on any atom is -0.465 e. The van der Waals surface area contributed by atoms with E-state index >= 15 is 0 Å². The van der Waals surface area contributed by atoms with Crippen LogP contribution >= 0.6 is 0 Å². The lowest BCUT2D eigenvalue weighted by molar-refractivity contribution is -0.147. The van der Waals surface area contributed by atoms with Gasteiger partial charge in [-0.25, -0.2) is 9.97 Å². The van der Waals surface area contributed by atoms with Crippen molar-refractivity contribution in [1.29, 1.82) is 0 Å². The van der Waals surface area contributed by atoms with E-state index in [1.807, 2.05) is 121 Å². The molecule has 0 saturated heterocycles. The fraction of sp³-hybridized carbons (Fsp3) is 0.0800. The number of aromatic nitrogens is 4. The van der Waals surface area contributed by atoms with Crippen LogP contribution in [0, 0.1) is 0 Å². The van der Waals surface area contributed by atoms with Crippen LogP contribution in [-0.2, 0) is 14.3 Å². The van der Waals surface area contributed by atoms with E-state index in [9.17, 15) is 9.59 Å². The summed E-state index contributed by atoms with van der Waals surface area (Å²) >= 11 is 0. The van der Waals surface area contributed by atoms with E-state index in [1.165, 1.54) is 6.92 Å². The second-order valence-electron chi connectivity index (χ2n) is 14.0. The quantitative estimate of drug-likeness (QED) is 0.119. The van der Waals surface area contributed by atoms with Crippen LogP contribution in [0.1, 0.15) is 48.1 Å². The maximum atomic E-state index is 13.8. The molecule has 0 amide bonds. The van der Waals surface area contributed by atoms with E-state index in [1.54, 1.807) is 6.92 Å². The van der Waals surface area contributed by atoms with Gasteiger partial charge in [-0.2, -0.15) is 0 Å². The molecule has 1 atom stereocenters. The molecular weight excluding hydrogens is 705 g/mol. The molecule has 5 heterocycles. The Labute approximate surface area is 330 Å². The van der Waals surface area contributed by atoms with E-state index in [4.69, 9.17) is 14.7 Å². The average Bonchev–Trinajstić information content (AvgIpc) is 4.08. The summed E-state index contributed by atoms with van der Waals surface area (Å²) in [5.41, 5.74) is 13.8. The molecular formula is C50H38N4O3. The number of ketones is 1. The molecule has 1 unspecified atom stereocenters. The lowest BCUT2D eigenvalue weighted by Gasteiger charge is -2.13. The third-order valence-corrected chi connectivity index (χ3v) is 10.4. The molecule has 276 valence electrons. The van der Waals surface area contributed by atoms with Crippen molar-refractivity contribution in [3.05, 3.63) is 168 Å². The maximum Gasteiger partial charge on any atom is 0.321 e. The molecule has 2 aliphatic rings. The number of rotatable bonds is 8. The topological polar surface area (TPSA) is 101 Å². The van der Waals surface area contributed by atoms with Gasteiger partial charge in [0.25, 0.3) is 0 Å². The summed E-state index contributed by atoms with van der Waals surface area (Å²) in [6, 6.07) is 46.6. The molecule has 7 heteroatoms. The van der Waals surface area contributed by atoms with Crippen LogP contribution < -0.4 is 0 Å². The zero-order valence-electron chi connectivity index (χ0n) is 31.5. The summed E-state index contributed by atoms with van der Waals surface area (Å²) in [6.45, 7) is 3.32. The Morgan fingerprint density at radius 2 is 0.912 bits per heavy atom. The van der Waals surface area contributed by atoms with Crippen molar-refractivity contribution in [2.45, 2.75) is 19.8 Å². The normalized spacial score (nSPS) is 12.4. The number of hydrogen-bond donors (Lipinski definition) is 2. The highest BCUT2D eigenvalue weighted by atomic mass is 16.5. The molecule has 4 aromatic carbocycles. The van der Waals surface area contributed by atoms with Gasteiger partial charge in [0, 0.05) is 38.8 Å². The van der Waals surface area contributed by atoms with E-state index in [2.05, 4.69) is 52.4 Å². The Morgan fingerprint density at radius 3 is 1.32 bits per heavy atom. The lowest BCUT2D eigenvalue weighted by Crippen LogP contribution is -2.22. The summed E-state index contributed by atoms with van der Waals surface area (Å²) in [5, 5.41) is 0. The van der Waals surface area contributed by atoms with Gasteiger partial charge < -0.3 is 14.7 Å². The monoisotopic (exact) mass is 742 g/mol. The average molecular weight is 743 g/mol. The SMILES string of the molecule is CCOC(=O)C(C(C)=O)c1cc2[nH]c1c(-c1ccccc1)c1nc(c(-c3ccccc3)c3ccc([nH]3)c(-c3ccccc3)c3nc(c2-c2ccccc2)C=C3)C=C1. The van der Waals surface area contributed by atoms with Crippen molar-refractivity contribution in [3.8, 4) is 44.5 Å². The first-order valence-corrected chi connectivity index (χ1v) is 19.1. The molecule has 3 aromatic heterocycles. The number of esters is 1. The third-order valence-electron chi connectivity index (χ3n) is 10.4. The van der Waals surface area contributed by atoms with Gasteiger partial charge in [-0.15, -0.1) is 0 Å². The van der Waals surface area contributed by atoms with Gasteiger partial charge >= 0.3 is 5.97 Å². The van der Waals surface area contributed by atoms with Crippen molar-refractivity contribution in [2.24, 2.45) is 0 Å². The first-order chi connectivity index (χ1) is 28.0. The number of Topliss-reactive ketones (excluding diaryl/α,β-unsaturated/α-hetero) is 1. The van der Waals surface area contributed by atoms with Crippen LogP contribution in [0.3, 0.4) is 0 Å². The van der Waals surface area contributed by atoms with Crippen molar-refractivity contribution in [3.63, 3.8) is 0 Å². The molecule has 0 aliphatic carbocycles. The summed E-state index contributed by atoms with van der Waals surface area (Å²) < 4.78 is 5.57. The van der Waals surface area contributed by atoms with E-state index in [0.29, 0.717) is 22.3 Å². The Kier molecular flexibility index (Phi) is 9.32. The van der Waals surface area contributed by atoms with E-state index in [0.717, 1.165) is 72.6 Å². The smallest absolute Gasteiger partial charge is 0.321 e. The number of hydrogen-bond acceptors (Lipinski definition) is 5. The van der Waals surface area contributed by atoms with Crippen LogP contribution in [0.4, 0.5) is 0 Å². The van der Waals surface area contributed by atoms with Crippen molar-refractivity contribution in [1.82, 2.24) is 19.9 Å². The fourth-order valence-electron chi connectivity index (χ4n) is 7.91. The van der Waals surface area contributed by atoms with Crippen LogP contribution in [0.2, 0.25) is 0 Å². The Hall–Kier alpha value is -7.38. The minimum absolute atomic E-state index is 0.137. The molecule has 2 N–H and O–H groups in total. The van der Waals surface area contributed by atoms with Crippen LogP contribution in [-0.4, -0.2) is 38.3 Å². The zero-order chi connectivity index (χ0) is 38.9. The molecule has 0 saturated carbocycles. The molecule has 8 bridgehead atoms. The van der Waals surface area contributed by atoms with Crippen molar-refractivity contribution >= 4 is 58.1 Å². The standard InChI is InChI=1S/C50H38N4O3/c1-3-57-50(56)44(31(2)55)36-30-43-47(34-20-12-6-13-21-34)41-27-26-39(52-41)45(32-16-8-4-9-17-32)37-24-25-38(51-37)46(33-18-10-5-11-19-33)40-28-29-42(53-40)48(49(36)54-43)35-22-14-7-15-23-35/h4-30,44,51,54H,3H2,1-2H3. The van der Waals surface area contributed by atoms with Crippen LogP contribution in [0.5, 0.6) is 0 Å². The molecule has 0 spiro atoms. The Morgan fingerprint density at radius 1 is 0.526 bits per heavy atom. The number of nitrogens with zero attached hydrogens (tertiary/aromatic N) is 2. The number of carbonyl (C=O) groups is 2. The number of carbonyl (C=O) groups excluding carboxylic acids is 2. The predicted molar refractivity (Wildman–Crippen MR) is 231 cm³/mol. The van der Waals surface area contributed by atoms with Gasteiger partial charge in [0.1, 0.15) is 11.7 Å².